The van der Waals surface area contributed by atoms with Crippen LogP contribution in [0.2, 0.25) is 0 Å². The summed E-state index contributed by atoms with van der Waals surface area (Å²) < 4.78 is 0. The van der Waals surface area contributed by atoms with Crippen molar-refractivity contribution in [3.8, 4) is 0 Å². The van der Waals surface area contributed by atoms with Crippen LogP contribution in [0.1, 0.15) is 25.7 Å². The summed E-state index contributed by atoms with van der Waals surface area (Å²) in [4.78, 5) is 5.92. The molecule has 0 aliphatic carbocycles. The van der Waals surface area contributed by atoms with Crippen molar-refractivity contribution in [2.24, 2.45) is 0 Å². The number of rotatable bonds is 2. The van der Waals surface area contributed by atoms with Gasteiger partial charge in [0.2, 0.25) is 0 Å². The van der Waals surface area contributed by atoms with Crippen molar-refractivity contribution in [3.63, 3.8) is 0 Å². The van der Waals surface area contributed by atoms with Crippen LogP contribution in [0.3, 0.4) is 0 Å². The summed E-state index contributed by atoms with van der Waals surface area (Å²) in [7, 11) is 0. The van der Waals surface area contributed by atoms with E-state index in [2.05, 4.69) is 39.5 Å². The molecule has 2 aliphatic heterocycles. The highest BCUT2D eigenvalue weighted by Gasteiger charge is 2.31. The molecule has 1 aromatic heterocycles. The third-order valence-corrected chi connectivity index (χ3v) is 4.74. The Labute approximate surface area is 114 Å². The zero-order valence-corrected chi connectivity index (χ0v) is 11.2. The number of nitrogens with one attached hydrogen (secondary N) is 2. The van der Waals surface area contributed by atoms with Crippen molar-refractivity contribution in [1.29, 1.82) is 0 Å². The molecular weight excluding hydrogens is 234 g/mol. The number of nitrogens with zero attached hydrogens (tertiary/aromatic N) is 1. The van der Waals surface area contributed by atoms with E-state index in [0.717, 1.165) is 6.04 Å². The second-order valence-corrected chi connectivity index (χ2v) is 5.98. The average molecular weight is 255 g/mol. The highest BCUT2D eigenvalue weighted by Crippen LogP contribution is 2.29. The molecule has 0 saturated carbocycles. The number of benzene rings is 1. The zero-order valence-electron chi connectivity index (χ0n) is 11.2. The van der Waals surface area contributed by atoms with Crippen LogP contribution in [0.5, 0.6) is 0 Å². The van der Waals surface area contributed by atoms with Gasteiger partial charge in [-0.2, -0.15) is 0 Å². The third kappa shape index (κ3) is 2.12. The summed E-state index contributed by atoms with van der Waals surface area (Å²) in [5.41, 5.74) is 2.49. The summed E-state index contributed by atoms with van der Waals surface area (Å²) in [6.45, 7) is 2.60. The Morgan fingerprint density at radius 1 is 1.16 bits per heavy atom. The second-order valence-electron chi connectivity index (χ2n) is 5.98. The number of aromatic amines is 1. The number of aromatic nitrogens is 1. The molecule has 0 amide bonds. The van der Waals surface area contributed by atoms with Crippen molar-refractivity contribution >= 4 is 16.6 Å². The van der Waals surface area contributed by atoms with E-state index >= 15 is 0 Å². The number of piperidine rings is 1. The summed E-state index contributed by atoms with van der Waals surface area (Å²) in [6, 6.07) is 10.2. The molecule has 3 heterocycles. The third-order valence-electron chi connectivity index (χ3n) is 4.74. The molecule has 3 nitrogen and oxygen atoms in total. The second kappa shape index (κ2) is 4.57. The molecule has 0 radical (unpaired) electrons. The van der Waals surface area contributed by atoms with Gasteiger partial charge in [-0.1, -0.05) is 0 Å². The topological polar surface area (TPSA) is 31.1 Å². The number of H-pyrrole nitrogens is 1. The maximum Gasteiger partial charge on any atom is 0.0455 e. The molecule has 0 bridgehead atoms. The molecule has 0 spiro atoms. The van der Waals surface area contributed by atoms with Gasteiger partial charge in [0.1, 0.15) is 0 Å². The molecule has 100 valence electrons. The first kappa shape index (κ1) is 11.4. The quantitative estimate of drug-likeness (QED) is 0.863. The molecule has 1 aromatic carbocycles. The van der Waals surface area contributed by atoms with Gasteiger partial charge in [0.25, 0.3) is 0 Å². The molecule has 2 saturated heterocycles. The summed E-state index contributed by atoms with van der Waals surface area (Å²) >= 11 is 0. The van der Waals surface area contributed by atoms with Crippen LogP contribution in [0.15, 0.2) is 30.5 Å². The Balaban J connectivity index is 1.48. The minimum absolute atomic E-state index is 0.649. The van der Waals surface area contributed by atoms with E-state index in [-0.39, 0.29) is 0 Å². The molecular formula is C16H21N3. The van der Waals surface area contributed by atoms with E-state index in [0.29, 0.717) is 6.04 Å². The van der Waals surface area contributed by atoms with Crippen LogP contribution in [0.25, 0.3) is 10.9 Å². The lowest BCUT2D eigenvalue weighted by Crippen LogP contribution is -2.42. The molecule has 2 aromatic rings. The number of anilines is 1. The van der Waals surface area contributed by atoms with Crippen LogP contribution in [-0.4, -0.2) is 35.1 Å². The van der Waals surface area contributed by atoms with Gasteiger partial charge in [-0.25, -0.2) is 0 Å². The minimum Gasteiger partial charge on any atom is -0.382 e. The van der Waals surface area contributed by atoms with Gasteiger partial charge < -0.3 is 15.2 Å². The Morgan fingerprint density at radius 2 is 2.16 bits per heavy atom. The van der Waals surface area contributed by atoms with Gasteiger partial charge >= 0.3 is 0 Å². The standard InChI is InChI=1S/C16H21N3/c1-2-15-11-14(6-9-19(15)8-1)18-13-3-4-16-12(10-13)5-7-17-16/h3-5,7,10,14-15,17-18H,1-2,6,8-9,11H2. The van der Waals surface area contributed by atoms with Gasteiger partial charge in [0.15, 0.2) is 0 Å². The Bertz CT molecular complexity index is 574. The first-order valence-electron chi connectivity index (χ1n) is 7.46. The molecule has 3 heteroatoms. The lowest BCUT2D eigenvalue weighted by atomic mass is 9.97. The van der Waals surface area contributed by atoms with E-state index in [4.69, 9.17) is 0 Å². The molecule has 2 aliphatic rings. The van der Waals surface area contributed by atoms with Crippen molar-refractivity contribution < 1.29 is 0 Å². The molecule has 2 unspecified atom stereocenters. The maximum atomic E-state index is 3.73. The Kier molecular flexibility index (Phi) is 2.73. The minimum atomic E-state index is 0.649. The first-order chi connectivity index (χ1) is 9.38. The predicted molar refractivity (Wildman–Crippen MR) is 79.5 cm³/mol. The SMILES string of the molecule is c1cc2cc(NC3CCN4CCCC4C3)ccc2[nH]1. The van der Waals surface area contributed by atoms with Crippen LogP contribution < -0.4 is 5.32 Å². The number of fused-ring (bicyclic) bond motifs is 2. The molecule has 2 fully saturated rings. The smallest absolute Gasteiger partial charge is 0.0455 e. The average Bonchev–Trinajstić information content (AvgIpc) is 3.05. The zero-order chi connectivity index (χ0) is 12.7. The highest BCUT2D eigenvalue weighted by molar-refractivity contribution is 5.83. The first-order valence-corrected chi connectivity index (χ1v) is 7.46. The van der Waals surface area contributed by atoms with Crippen LogP contribution in [0, 0.1) is 0 Å². The maximum absolute atomic E-state index is 3.73. The van der Waals surface area contributed by atoms with Crippen LogP contribution in [0.4, 0.5) is 5.69 Å². The molecule has 2 N–H and O–H groups in total. The van der Waals surface area contributed by atoms with Gasteiger partial charge in [0.05, 0.1) is 0 Å². The monoisotopic (exact) mass is 255 g/mol. The van der Waals surface area contributed by atoms with Crippen molar-refractivity contribution in [3.05, 3.63) is 30.5 Å². The highest BCUT2D eigenvalue weighted by atomic mass is 15.2. The number of hydrogen-bond acceptors (Lipinski definition) is 2. The van der Waals surface area contributed by atoms with E-state index in [1.165, 1.54) is 55.4 Å². The van der Waals surface area contributed by atoms with Crippen LogP contribution >= 0.6 is 0 Å². The Morgan fingerprint density at radius 3 is 3.16 bits per heavy atom. The fourth-order valence-electron chi connectivity index (χ4n) is 3.73. The summed E-state index contributed by atoms with van der Waals surface area (Å²) in [5, 5.41) is 5.03. The predicted octanol–water partition coefficient (Wildman–Crippen LogP) is 3.21. The van der Waals surface area contributed by atoms with Crippen LogP contribution in [-0.2, 0) is 0 Å². The van der Waals surface area contributed by atoms with E-state index in [1.54, 1.807) is 0 Å². The lowest BCUT2D eigenvalue weighted by molar-refractivity contribution is 0.188. The largest absolute Gasteiger partial charge is 0.382 e. The molecule has 4 rings (SSSR count). The van der Waals surface area contributed by atoms with Crippen molar-refractivity contribution in [2.45, 2.75) is 37.8 Å². The van der Waals surface area contributed by atoms with Gasteiger partial charge in [-0.05, 0) is 56.5 Å². The van der Waals surface area contributed by atoms with E-state index < -0.39 is 0 Å². The number of hydrogen-bond donors (Lipinski definition) is 2. The Hall–Kier alpha value is -1.48. The van der Waals surface area contributed by atoms with E-state index in [9.17, 15) is 0 Å². The van der Waals surface area contributed by atoms with Gasteiger partial charge in [-0.15, -0.1) is 0 Å². The molecule has 19 heavy (non-hydrogen) atoms. The lowest BCUT2D eigenvalue weighted by Gasteiger charge is -2.35. The van der Waals surface area contributed by atoms with Crippen molar-refractivity contribution in [1.82, 2.24) is 9.88 Å². The molecule has 2 atom stereocenters. The van der Waals surface area contributed by atoms with E-state index in [1.807, 2.05) is 6.20 Å². The fourth-order valence-corrected chi connectivity index (χ4v) is 3.73. The summed E-state index contributed by atoms with van der Waals surface area (Å²) in [5.74, 6) is 0. The fraction of sp³-hybridized carbons (Fsp3) is 0.500. The van der Waals surface area contributed by atoms with Crippen molar-refractivity contribution in [2.75, 3.05) is 18.4 Å². The summed E-state index contributed by atoms with van der Waals surface area (Å²) in [6.07, 6.45) is 7.39. The van der Waals surface area contributed by atoms with Gasteiger partial charge in [-0.3, -0.25) is 0 Å². The normalized spacial score (nSPS) is 27.6. The van der Waals surface area contributed by atoms with Gasteiger partial charge in [0, 0.05) is 41.4 Å².